The highest BCUT2D eigenvalue weighted by atomic mass is 35.5. The van der Waals surface area contributed by atoms with E-state index in [0.29, 0.717) is 5.02 Å². The van der Waals surface area contributed by atoms with Crippen LogP contribution in [0, 0.1) is 0 Å². The Balaban J connectivity index is 1.91. The Labute approximate surface area is 146 Å². The number of benzene rings is 2. The minimum atomic E-state index is -3.86. The number of amidine groups is 1. The van der Waals surface area contributed by atoms with E-state index in [1.807, 2.05) is 37.3 Å². The SMILES string of the molecule is CC1C(c2ccccc2)OC(=NS(=O)(=O)c2ccc(Cl)cc2)N1C. The predicted molar refractivity (Wildman–Crippen MR) is 93.6 cm³/mol. The average Bonchev–Trinajstić information content (AvgIpc) is 2.84. The molecular formula is C17H17ClN2O3S. The van der Waals surface area contributed by atoms with Crippen molar-refractivity contribution in [1.29, 1.82) is 0 Å². The Morgan fingerprint density at radius 1 is 1.08 bits per heavy atom. The van der Waals surface area contributed by atoms with Gasteiger partial charge in [-0.1, -0.05) is 41.9 Å². The highest BCUT2D eigenvalue weighted by Gasteiger charge is 2.37. The molecule has 0 aliphatic carbocycles. The summed E-state index contributed by atoms with van der Waals surface area (Å²) in [6.07, 6.45) is -0.268. The first-order chi connectivity index (χ1) is 11.4. The molecule has 1 fully saturated rings. The fraction of sp³-hybridized carbons (Fsp3) is 0.235. The first-order valence-corrected chi connectivity index (χ1v) is 9.25. The van der Waals surface area contributed by atoms with Crippen LogP contribution in [0.3, 0.4) is 0 Å². The van der Waals surface area contributed by atoms with Crippen molar-refractivity contribution >= 4 is 27.6 Å². The number of ether oxygens (including phenoxy) is 1. The van der Waals surface area contributed by atoms with Gasteiger partial charge in [-0.3, -0.25) is 0 Å². The van der Waals surface area contributed by atoms with Gasteiger partial charge < -0.3 is 9.64 Å². The maximum absolute atomic E-state index is 12.5. The van der Waals surface area contributed by atoms with Crippen molar-refractivity contribution in [2.75, 3.05) is 7.05 Å². The lowest BCUT2D eigenvalue weighted by Gasteiger charge is -2.17. The zero-order chi connectivity index (χ0) is 17.3. The van der Waals surface area contributed by atoms with Gasteiger partial charge in [0.25, 0.3) is 10.0 Å². The molecule has 3 rings (SSSR count). The van der Waals surface area contributed by atoms with Crippen molar-refractivity contribution in [3.8, 4) is 0 Å². The summed E-state index contributed by atoms with van der Waals surface area (Å²) in [5.41, 5.74) is 0.978. The summed E-state index contributed by atoms with van der Waals surface area (Å²) in [6.45, 7) is 1.97. The van der Waals surface area contributed by atoms with E-state index < -0.39 is 10.0 Å². The van der Waals surface area contributed by atoms with Crippen LogP contribution in [0.15, 0.2) is 63.9 Å². The van der Waals surface area contributed by atoms with Crippen LogP contribution in [0.4, 0.5) is 0 Å². The van der Waals surface area contributed by atoms with E-state index in [2.05, 4.69) is 4.40 Å². The molecule has 1 saturated heterocycles. The molecule has 24 heavy (non-hydrogen) atoms. The van der Waals surface area contributed by atoms with Crippen LogP contribution in [0.2, 0.25) is 5.02 Å². The summed E-state index contributed by atoms with van der Waals surface area (Å²) in [7, 11) is -2.09. The van der Waals surface area contributed by atoms with E-state index in [-0.39, 0.29) is 23.1 Å². The summed E-state index contributed by atoms with van der Waals surface area (Å²) in [5, 5.41) is 0.466. The van der Waals surface area contributed by atoms with Crippen LogP contribution in [0.25, 0.3) is 0 Å². The van der Waals surface area contributed by atoms with Crippen molar-refractivity contribution in [3.63, 3.8) is 0 Å². The van der Waals surface area contributed by atoms with E-state index in [9.17, 15) is 8.42 Å². The monoisotopic (exact) mass is 364 g/mol. The smallest absolute Gasteiger partial charge is 0.304 e. The summed E-state index contributed by atoms with van der Waals surface area (Å²) in [6, 6.07) is 15.6. The largest absolute Gasteiger partial charge is 0.454 e. The molecule has 2 aromatic carbocycles. The molecule has 0 saturated carbocycles. The van der Waals surface area contributed by atoms with Gasteiger partial charge in [0.15, 0.2) is 0 Å². The van der Waals surface area contributed by atoms with Crippen LogP contribution in [-0.4, -0.2) is 32.4 Å². The van der Waals surface area contributed by atoms with Gasteiger partial charge in [0, 0.05) is 12.1 Å². The summed E-state index contributed by atoms with van der Waals surface area (Å²) < 4.78 is 34.6. The van der Waals surface area contributed by atoms with Crippen molar-refractivity contribution in [3.05, 3.63) is 65.2 Å². The summed E-state index contributed by atoms with van der Waals surface area (Å²) in [5.74, 6) is 0. The Kier molecular flexibility index (Phi) is 4.51. The molecule has 5 nitrogen and oxygen atoms in total. The maximum atomic E-state index is 12.5. The fourth-order valence-electron chi connectivity index (χ4n) is 2.51. The van der Waals surface area contributed by atoms with Gasteiger partial charge >= 0.3 is 6.02 Å². The minimum Gasteiger partial charge on any atom is -0.454 e. The fourth-order valence-corrected chi connectivity index (χ4v) is 3.60. The van der Waals surface area contributed by atoms with Gasteiger partial charge in [0.2, 0.25) is 0 Å². The zero-order valence-corrected chi connectivity index (χ0v) is 14.8. The third-order valence-corrected chi connectivity index (χ3v) is 5.54. The molecular weight excluding hydrogens is 348 g/mol. The van der Waals surface area contributed by atoms with Gasteiger partial charge in [0.05, 0.1) is 10.9 Å². The third-order valence-electron chi connectivity index (χ3n) is 4.02. The predicted octanol–water partition coefficient (Wildman–Crippen LogP) is 3.48. The number of hydrogen-bond donors (Lipinski definition) is 0. The highest BCUT2D eigenvalue weighted by molar-refractivity contribution is 7.90. The highest BCUT2D eigenvalue weighted by Crippen LogP contribution is 2.32. The van der Waals surface area contributed by atoms with Crippen molar-refractivity contribution < 1.29 is 13.2 Å². The molecule has 0 radical (unpaired) electrons. The second-order valence-corrected chi connectivity index (χ2v) is 7.64. The van der Waals surface area contributed by atoms with E-state index in [1.54, 1.807) is 11.9 Å². The standard InChI is InChI=1S/C17H17ClN2O3S/c1-12-16(13-6-4-3-5-7-13)23-17(20(12)2)19-24(21,22)15-10-8-14(18)9-11-15/h3-12,16H,1-2H3. The Morgan fingerprint density at radius 3 is 2.33 bits per heavy atom. The van der Waals surface area contributed by atoms with E-state index in [1.165, 1.54) is 24.3 Å². The van der Waals surface area contributed by atoms with Crippen LogP contribution >= 0.6 is 11.6 Å². The van der Waals surface area contributed by atoms with Gasteiger partial charge in [-0.15, -0.1) is 4.40 Å². The number of nitrogens with zero attached hydrogens (tertiary/aromatic N) is 2. The molecule has 1 aliphatic rings. The molecule has 0 spiro atoms. The lowest BCUT2D eigenvalue weighted by atomic mass is 10.0. The van der Waals surface area contributed by atoms with Gasteiger partial charge in [-0.25, -0.2) is 0 Å². The number of hydrogen-bond acceptors (Lipinski definition) is 3. The first kappa shape index (κ1) is 16.8. The molecule has 2 unspecified atom stereocenters. The second kappa shape index (κ2) is 6.45. The molecule has 0 N–H and O–H groups in total. The van der Waals surface area contributed by atoms with Gasteiger partial charge in [-0.2, -0.15) is 8.42 Å². The van der Waals surface area contributed by atoms with Crippen molar-refractivity contribution in [2.45, 2.75) is 24.0 Å². The van der Waals surface area contributed by atoms with E-state index >= 15 is 0 Å². The molecule has 126 valence electrons. The van der Waals surface area contributed by atoms with E-state index in [4.69, 9.17) is 16.3 Å². The normalized spacial score (nSPS) is 22.6. The minimum absolute atomic E-state index is 0.0356. The first-order valence-electron chi connectivity index (χ1n) is 7.43. The number of sulfonamides is 1. The molecule has 2 aromatic rings. The topological polar surface area (TPSA) is 59.0 Å². The van der Waals surface area contributed by atoms with Gasteiger partial charge in [0.1, 0.15) is 6.10 Å². The quantitative estimate of drug-likeness (QED) is 0.836. The maximum Gasteiger partial charge on any atom is 0.304 e. The Morgan fingerprint density at radius 2 is 1.71 bits per heavy atom. The molecule has 1 aliphatic heterocycles. The summed E-state index contributed by atoms with van der Waals surface area (Å²) in [4.78, 5) is 1.80. The lowest BCUT2D eigenvalue weighted by molar-refractivity contribution is 0.203. The number of likely N-dealkylation sites (N-methyl/N-ethyl adjacent to an activating group) is 1. The average molecular weight is 365 g/mol. The summed E-state index contributed by atoms with van der Waals surface area (Å²) >= 11 is 5.80. The van der Waals surface area contributed by atoms with Crippen molar-refractivity contribution in [2.24, 2.45) is 4.40 Å². The second-order valence-electron chi connectivity index (χ2n) is 5.60. The molecule has 0 bridgehead atoms. The Bertz CT molecular complexity index is 851. The van der Waals surface area contributed by atoms with Crippen molar-refractivity contribution in [1.82, 2.24) is 4.90 Å². The molecule has 7 heteroatoms. The van der Waals surface area contributed by atoms with Gasteiger partial charge in [-0.05, 0) is 36.8 Å². The number of rotatable bonds is 3. The molecule has 0 amide bonds. The number of halogens is 1. The van der Waals surface area contributed by atoms with Crippen LogP contribution in [-0.2, 0) is 14.8 Å². The third kappa shape index (κ3) is 3.25. The van der Waals surface area contributed by atoms with Crippen LogP contribution < -0.4 is 0 Å². The lowest BCUT2D eigenvalue weighted by Crippen LogP contribution is -2.28. The van der Waals surface area contributed by atoms with Crippen LogP contribution in [0.5, 0.6) is 0 Å². The van der Waals surface area contributed by atoms with Crippen LogP contribution in [0.1, 0.15) is 18.6 Å². The van der Waals surface area contributed by atoms with E-state index in [0.717, 1.165) is 5.56 Å². The molecule has 2 atom stereocenters. The molecule has 1 heterocycles. The Hall–Kier alpha value is -2.05. The molecule has 0 aromatic heterocycles. The zero-order valence-electron chi connectivity index (χ0n) is 13.3.